The first-order valence-corrected chi connectivity index (χ1v) is 23.4. The van der Waals surface area contributed by atoms with Crippen molar-refractivity contribution in [2.75, 3.05) is 82.2 Å². The fraction of sp³-hybridized carbons (Fsp3) is 0.489. The van der Waals surface area contributed by atoms with Crippen LogP contribution in [-0.4, -0.2) is 136 Å². The zero-order valence-electron chi connectivity index (χ0n) is 37.3. The second-order valence-corrected chi connectivity index (χ2v) is 17.6. The summed E-state index contributed by atoms with van der Waals surface area (Å²) in [5.74, 6) is 5.87. The summed E-state index contributed by atoms with van der Waals surface area (Å²) >= 11 is 12.5. The van der Waals surface area contributed by atoms with E-state index in [1.54, 1.807) is 12.4 Å². The molecule has 0 saturated carbocycles. The molecule has 2 aliphatic rings. The number of nitrogens with one attached hydrogen (secondary N) is 5. The molecule has 5 heterocycles. The Hall–Kier alpha value is -5.57. The maximum atomic E-state index is 13.9. The Morgan fingerprint density at radius 1 is 0.909 bits per heavy atom. The fourth-order valence-electron chi connectivity index (χ4n) is 8.13. The number of piperazine rings is 1. The molecule has 66 heavy (non-hydrogen) atoms. The normalized spacial score (nSPS) is 15.8. The van der Waals surface area contributed by atoms with Crippen LogP contribution < -0.4 is 43.5 Å². The average Bonchev–Trinajstić information content (AvgIpc) is 3.81. The SMILES string of the molecule is N/C=C\N(N)CCNCC(=O)Nc1ccc(C(=O)NCCCCCCCC(=O)N2CCN(CCC(NC(=O)C3(N)CCN(c4ncnc5[nH]ccc45)CC3)c3ccc(Cl)cc3)CC2)nc1Cl. The molecule has 1 aromatic carbocycles. The van der Waals surface area contributed by atoms with Gasteiger partial charge in [0.05, 0.1) is 29.2 Å². The van der Waals surface area contributed by atoms with Crippen molar-refractivity contribution in [3.63, 3.8) is 0 Å². The zero-order chi connectivity index (χ0) is 46.9. The molecule has 356 valence electrons. The number of pyridine rings is 1. The van der Waals surface area contributed by atoms with Gasteiger partial charge in [0, 0.05) is 95.5 Å². The molecule has 0 aliphatic carbocycles. The number of hydrogen-bond donors (Lipinski definition) is 8. The molecule has 0 bridgehead atoms. The Balaban J connectivity index is 0.836. The van der Waals surface area contributed by atoms with Gasteiger partial charge < -0.3 is 52.5 Å². The third kappa shape index (κ3) is 14.5. The molecule has 4 aromatic rings. The van der Waals surface area contributed by atoms with Gasteiger partial charge in [0.2, 0.25) is 17.7 Å². The number of hydrogen-bond acceptors (Lipinski definition) is 14. The summed E-state index contributed by atoms with van der Waals surface area (Å²) in [5, 5.41) is 14.8. The lowest BCUT2D eigenvalue weighted by Gasteiger charge is -2.39. The number of amides is 4. The predicted octanol–water partition coefficient (Wildman–Crippen LogP) is 3.25. The van der Waals surface area contributed by atoms with Gasteiger partial charge in [-0.25, -0.2) is 20.8 Å². The van der Waals surface area contributed by atoms with Crippen molar-refractivity contribution in [3.8, 4) is 0 Å². The Morgan fingerprint density at radius 3 is 2.39 bits per heavy atom. The molecular formula is C45H63Cl2N15O4. The van der Waals surface area contributed by atoms with Crippen LogP contribution in [0.1, 0.15) is 79.9 Å². The van der Waals surface area contributed by atoms with Gasteiger partial charge in [-0.05, 0) is 68.0 Å². The molecule has 11 N–H and O–H groups in total. The lowest BCUT2D eigenvalue weighted by atomic mass is 9.87. The first-order valence-electron chi connectivity index (χ1n) is 22.7. The van der Waals surface area contributed by atoms with Gasteiger partial charge in [-0.15, -0.1) is 0 Å². The van der Waals surface area contributed by atoms with E-state index in [0.717, 1.165) is 74.2 Å². The van der Waals surface area contributed by atoms with Crippen molar-refractivity contribution >= 4 is 69.4 Å². The van der Waals surface area contributed by atoms with Crippen molar-refractivity contribution in [3.05, 3.63) is 88.8 Å². The minimum Gasteiger partial charge on any atom is -0.403 e. The molecule has 3 aromatic heterocycles. The standard InChI is InChI=1S/C45H63Cl2N15O4/c46-33-9-7-32(8-10-33)35(58-44(66)45(49)15-22-61(23-16-45)42-34-13-19-52-41(34)54-31-55-42)14-21-59-26-28-60(29-27-59)39(64)6-4-2-1-3-5-18-53-43(65)37-12-11-36(40(47)57-37)56-38(63)30-51-20-25-62(50)24-17-48/h7-13,17,19,24,31,35,51H,1-6,14-16,18,20-23,25-30,48-50H2,(H,53,65)(H,56,63)(H,58,66)(H,52,54,55)/b24-17-. The number of H-pyrrole nitrogens is 1. The summed E-state index contributed by atoms with van der Waals surface area (Å²) in [6.45, 7) is 6.24. The van der Waals surface area contributed by atoms with E-state index < -0.39 is 5.54 Å². The topological polar surface area (TPSA) is 262 Å². The number of nitrogens with zero attached hydrogens (tertiary/aromatic N) is 7. The van der Waals surface area contributed by atoms with Crippen molar-refractivity contribution in [1.29, 1.82) is 0 Å². The summed E-state index contributed by atoms with van der Waals surface area (Å²) < 4.78 is 0. The third-order valence-corrected chi connectivity index (χ3v) is 12.6. The summed E-state index contributed by atoms with van der Waals surface area (Å²) in [6.07, 6.45) is 12.8. The summed E-state index contributed by atoms with van der Waals surface area (Å²) in [7, 11) is 0. The third-order valence-electron chi connectivity index (χ3n) is 12.1. The van der Waals surface area contributed by atoms with Crippen LogP contribution in [0.15, 0.2) is 67.4 Å². The van der Waals surface area contributed by atoms with Crippen LogP contribution in [0.3, 0.4) is 0 Å². The van der Waals surface area contributed by atoms with E-state index in [9.17, 15) is 19.2 Å². The quantitative estimate of drug-likeness (QED) is 0.0230. The van der Waals surface area contributed by atoms with Crippen LogP contribution in [0.2, 0.25) is 10.2 Å². The molecule has 0 spiro atoms. The fourth-order valence-corrected chi connectivity index (χ4v) is 8.46. The average molecular weight is 949 g/mol. The number of aromatic amines is 1. The molecule has 4 amide bonds. The number of benzene rings is 1. The Labute approximate surface area is 395 Å². The number of rotatable bonds is 23. The van der Waals surface area contributed by atoms with E-state index in [4.69, 9.17) is 40.5 Å². The highest BCUT2D eigenvalue weighted by molar-refractivity contribution is 6.32. The van der Waals surface area contributed by atoms with Crippen molar-refractivity contribution in [1.82, 2.24) is 50.7 Å². The molecule has 0 radical (unpaired) electrons. The summed E-state index contributed by atoms with van der Waals surface area (Å²) in [6, 6.07) is 12.4. The number of nitrogens with two attached hydrogens (primary N) is 3. The second-order valence-electron chi connectivity index (χ2n) is 16.8. The Kier molecular flexibility index (Phi) is 18.7. The number of unbranched alkanes of at least 4 members (excludes halogenated alkanes) is 4. The summed E-state index contributed by atoms with van der Waals surface area (Å²) in [4.78, 5) is 74.5. The van der Waals surface area contributed by atoms with E-state index in [0.29, 0.717) is 82.2 Å². The smallest absolute Gasteiger partial charge is 0.269 e. The number of hydrazine groups is 1. The number of carbonyl (C=O) groups excluding carboxylic acids is 4. The number of anilines is 2. The predicted molar refractivity (Wildman–Crippen MR) is 257 cm³/mol. The first-order chi connectivity index (χ1) is 31.9. The van der Waals surface area contributed by atoms with Crippen LogP contribution in [-0.2, 0) is 14.4 Å². The number of aromatic nitrogens is 4. The van der Waals surface area contributed by atoms with Crippen LogP contribution in [0.5, 0.6) is 0 Å². The molecule has 1 atom stereocenters. The van der Waals surface area contributed by atoms with Crippen molar-refractivity contribution < 1.29 is 19.2 Å². The molecule has 1 unspecified atom stereocenters. The van der Waals surface area contributed by atoms with Crippen LogP contribution >= 0.6 is 23.2 Å². The molecule has 21 heteroatoms. The van der Waals surface area contributed by atoms with Crippen LogP contribution in [0.25, 0.3) is 11.0 Å². The maximum Gasteiger partial charge on any atom is 0.269 e. The second kappa shape index (κ2) is 24.8. The van der Waals surface area contributed by atoms with Crippen LogP contribution in [0, 0.1) is 0 Å². The van der Waals surface area contributed by atoms with Gasteiger partial charge in [-0.1, -0.05) is 54.6 Å². The highest BCUT2D eigenvalue weighted by atomic mass is 35.5. The largest absolute Gasteiger partial charge is 0.403 e. The van der Waals surface area contributed by atoms with Crippen molar-refractivity contribution in [2.45, 2.75) is 69.4 Å². The Bertz CT molecular complexity index is 2250. The minimum atomic E-state index is -1.01. The Morgan fingerprint density at radius 2 is 1.65 bits per heavy atom. The van der Waals surface area contributed by atoms with E-state index >= 15 is 0 Å². The molecule has 19 nitrogen and oxygen atoms in total. The van der Waals surface area contributed by atoms with Gasteiger partial charge in [-0.2, -0.15) is 0 Å². The molecule has 2 saturated heterocycles. The molecular weight excluding hydrogens is 886 g/mol. The van der Waals surface area contributed by atoms with Crippen molar-refractivity contribution in [2.24, 2.45) is 17.3 Å². The number of piperidine rings is 1. The van der Waals surface area contributed by atoms with Crippen LogP contribution in [0.4, 0.5) is 11.5 Å². The van der Waals surface area contributed by atoms with Gasteiger partial charge >= 0.3 is 0 Å². The van der Waals surface area contributed by atoms with Gasteiger partial charge in [-0.3, -0.25) is 24.1 Å². The number of halogens is 2. The molecule has 6 rings (SSSR count). The van der Waals surface area contributed by atoms with Gasteiger partial charge in [0.15, 0.2) is 5.15 Å². The number of carbonyl (C=O) groups is 4. The minimum absolute atomic E-state index is 0.0165. The summed E-state index contributed by atoms with van der Waals surface area (Å²) in [5.41, 5.74) is 13.3. The van der Waals surface area contributed by atoms with E-state index in [1.165, 1.54) is 23.5 Å². The molecule has 2 fully saturated rings. The monoisotopic (exact) mass is 947 g/mol. The highest BCUT2D eigenvalue weighted by Gasteiger charge is 2.39. The number of fused-ring (bicyclic) bond motifs is 1. The lowest BCUT2D eigenvalue weighted by molar-refractivity contribution is -0.133. The first kappa shape index (κ1) is 49.9. The maximum absolute atomic E-state index is 13.9. The van der Waals surface area contributed by atoms with Gasteiger partial charge in [0.1, 0.15) is 23.5 Å². The molecule has 2 aliphatic heterocycles. The van der Waals surface area contributed by atoms with E-state index in [2.05, 4.69) is 51.0 Å². The zero-order valence-corrected chi connectivity index (χ0v) is 38.8. The van der Waals surface area contributed by atoms with E-state index in [1.807, 2.05) is 41.4 Å². The van der Waals surface area contributed by atoms with Gasteiger partial charge in [0.25, 0.3) is 5.91 Å². The van der Waals surface area contributed by atoms with E-state index in [-0.39, 0.29) is 47.1 Å². The lowest BCUT2D eigenvalue weighted by Crippen LogP contribution is -2.60. The highest BCUT2D eigenvalue weighted by Crippen LogP contribution is 2.30.